The van der Waals surface area contributed by atoms with E-state index >= 15 is 0 Å². The van der Waals surface area contributed by atoms with Crippen LogP contribution in [0.25, 0.3) is 10.2 Å². The Morgan fingerprint density at radius 1 is 1.34 bits per heavy atom. The topological polar surface area (TPSA) is 110 Å². The highest BCUT2D eigenvalue weighted by atomic mass is 32.2. The number of nitrogens with zero attached hydrogens (tertiary/aromatic N) is 2. The minimum atomic E-state index is -3.37. The van der Waals surface area contributed by atoms with Crippen LogP contribution in [-0.4, -0.2) is 43.6 Å². The number of carbonyl (C=O) groups excluding carboxylic acids is 1. The zero-order chi connectivity index (χ0) is 21.2. The Balaban J connectivity index is 1.91. The molecule has 2 N–H and O–H groups in total. The molecule has 0 saturated carbocycles. The molecule has 1 atom stereocenters. The predicted octanol–water partition coefficient (Wildman–Crippen LogP) is 3.01. The van der Waals surface area contributed by atoms with Crippen LogP contribution in [0.1, 0.15) is 22.2 Å². The Hall–Kier alpha value is -2.63. The van der Waals surface area contributed by atoms with Gasteiger partial charge in [0.05, 0.1) is 22.2 Å². The molecule has 3 aromatic rings. The summed E-state index contributed by atoms with van der Waals surface area (Å²) < 4.78 is 44.4. The average Bonchev–Trinajstić information content (AvgIpc) is 2.98. The highest BCUT2D eigenvalue weighted by Crippen LogP contribution is 2.36. The van der Waals surface area contributed by atoms with Crippen molar-refractivity contribution in [2.45, 2.75) is 20.0 Å². The molecule has 1 unspecified atom stereocenters. The number of carbonyl (C=O) groups is 1. The van der Waals surface area contributed by atoms with E-state index in [1.54, 1.807) is 13.8 Å². The molecule has 0 aliphatic carbocycles. The van der Waals surface area contributed by atoms with Gasteiger partial charge in [0.15, 0.2) is 6.29 Å². The summed E-state index contributed by atoms with van der Waals surface area (Å²) in [7, 11) is -3.37. The lowest BCUT2D eigenvalue weighted by Gasteiger charge is -2.18. The molecular weight excluding hydrogens is 419 g/mol. The van der Waals surface area contributed by atoms with Crippen LogP contribution in [0.3, 0.4) is 0 Å². The van der Waals surface area contributed by atoms with Gasteiger partial charge >= 0.3 is 0 Å². The van der Waals surface area contributed by atoms with E-state index in [0.29, 0.717) is 26.6 Å². The summed E-state index contributed by atoms with van der Waals surface area (Å²) in [4.78, 5) is 20.9. The molecule has 29 heavy (non-hydrogen) atoms. The van der Waals surface area contributed by atoms with Crippen LogP contribution < -0.4 is 14.8 Å². The van der Waals surface area contributed by atoms with E-state index in [-0.39, 0.29) is 12.3 Å². The zero-order valence-corrected chi connectivity index (χ0v) is 17.5. The lowest BCUT2D eigenvalue weighted by Crippen LogP contribution is -2.32. The van der Waals surface area contributed by atoms with Gasteiger partial charge in [-0.25, -0.2) is 27.5 Å². The van der Waals surface area contributed by atoms with Crippen LogP contribution in [-0.2, 0) is 10.0 Å². The maximum atomic E-state index is 13.8. The van der Waals surface area contributed by atoms with Crippen molar-refractivity contribution in [3.05, 3.63) is 40.8 Å². The number of ether oxygens (including phenoxy) is 1. The van der Waals surface area contributed by atoms with Gasteiger partial charge in [0.25, 0.3) is 0 Å². The van der Waals surface area contributed by atoms with Crippen molar-refractivity contribution in [1.82, 2.24) is 14.7 Å². The van der Waals surface area contributed by atoms with E-state index in [2.05, 4.69) is 20.0 Å². The van der Waals surface area contributed by atoms with E-state index in [0.717, 1.165) is 18.1 Å². The fraction of sp³-hybridized carbons (Fsp3) is 0.278. The number of hydrogen-bond donors (Lipinski definition) is 2. The summed E-state index contributed by atoms with van der Waals surface area (Å²) in [5.74, 6) is 0.148. The highest BCUT2D eigenvalue weighted by Gasteiger charge is 2.17. The predicted molar refractivity (Wildman–Crippen MR) is 110 cm³/mol. The van der Waals surface area contributed by atoms with Crippen LogP contribution in [0.4, 0.5) is 15.9 Å². The smallest absolute Gasteiger partial charge is 0.208 e. The fourth-order valence-electron chi connectivity index (χ4n) is 2.65. The number of sulfonamides is 1. The van der Waals surface area contributed by atoms with Crippen molar-refractivity contribution in [2.24, 2.45) is 0 Å². The van der Waals surface area contributed by atoms with Crippen molar-refractivity contribution >= 4 is 49.4 Å². The van der Waals surface area contributed by atoms with Gasteiger partial charge in [-0.2, -0.15) is 0 Å². The van der Waals surface area contributed by atoms with Crippen LogP contribution >= 0.6 is 11.3 Å². The zero-order valence-electron chi connectivity index (χ0n) is 15.9. The second kappa shape index (κ2) is 8.39. The quantitative estimate of drug-likeness (QED) is 0.520. The molecule has 0 bridgehead atoms. The molecular formula is C18H19FN4O4S2. The summed E-state index contributed by atoms with van der Waals surface area (Å²) >= 11 is 1.26. The molecule has 3 rings (SSSR count). The Labute approximate surface area is 171 Å². The number of anilines is 2. The number of rotatable bonds is 8. The first kappa shape index (κ1) is 21.1. The monoisotopic (exact) mass is 438 g/mol. The summed E-state index contributed by atoms with van der Waals surface area (Å²) in [6, 6.07) is 3.97. The Bertz CT molecular complexity index is 1160. The second-order valence-corrected chi connectivity index (χ2v) is 9.29. The van der Waals surface area contributed by atoms with Crippen LogP contribution in [0, 0.1) is 12.7 Å². The lowest BCUT2D eigenvalue weighted by atomic mass is 10.2. The van der Waals surface area contributed by atoms with Gasteiger partial charge < -0.3 is 10.1 Å². The average molecular weight is 439 g/mol. The molecule has 8 nitrogen and oxygen atoms in total. The molecule has 0 radical (unpaired) electrons. The van der Waals surface area contributed by atoms with E-state index in [9.17, 15) is 17.6 Å². The van der Waals surface area contributed by atoms with Crippen LogP contribution in [0.15, 0.2) is 24.5 Å². The van der Waals surface area contributed by atoms with Crippen LogP contribution in [0.2, 0.25) is 0 Å². The molecule has 0 fully saturated rings. The number of aromatic nitrogens is 2. The molecule has 0 aliphatic rings. The number of halogens is 1. The largest absolute Gasteiger partial charge is 0.487 e. The van der Waals surface area contributed by atoms with Gasteiger partial charge in [0.1, 0.15) is 34.6 Å². The van der Waals surface area contributed by atoms with Gasteiger partial charge in [0, 0.05) is 12.6 Å². The highest BCUT2D eigenvalue weighted by molar-refractivity contribution is 7.88. The number of benzene rings is 1. The molecule has 0 spiro atoms. The maximum absolute atomic E-state index is 13.8. The molecule has 2 heterocycles. The van der Waals surface area contributed by atoms with E-state index in [1.165, 1.54) is 35.9 Å². The van der Waals surface area contributed by atoms with Crippen molar-refractivity contribution in [1.29, 1.82) is 0 Å². The molecule has 0 saturated heterocycles. The normalized spacial score (nSPS) is 12.7. The molecule has 0 amide bonds. The Morgan fingerprint density at radius 3 is 2.79 bits per heavy atom. The summed E-state index contributed by atoms with van der Waals surface area (Å²) in [5, 5.41) is 3.80. The van der Waals surface area contributed by atoms with E-state index in [4.69, 9.17) is 4.74 Å². The standard InChI is InChI=1S/C18H19FN4O4S2/c1-10(7-22-29(3,25)26)27-14-6-12(19)4-5-13(14)23-17-16-11(2)15(8-24)28-18(16)21-9-20-17/h4-6,8-10,22H,7H2,1-3H3,(H,20,21,23). The number of hydrogen-bond acceptors (Lipinski definition) is 8. The number of aldehydes is 1. The molecule has 2 aromatic heterocycles. The Morgan fingerprint density at radius 2 is 2.10 bits per heavy atom. The first-order chi connectivity index (χ1) is 13.7. The van der Waals surface area contributed by atoms with E-state index in [1.807, 2.05) is 0 Å². The molecule has 0 aliphatic heterocycles. The number of aryl methyl sites for hydroxylation is 1. The minimum Gasteiger partial charge on any atom is -0.487 e. The van der Waals surface area contributed by atoms with Gasteiger partial charge in [-0.1, -0.05) is 0 Å². The van der Waals surface area contributed by atoms with Crippen molar-refractivity contribution in [3.63, 3.8) is 0 Å². The third-order valence-electron chi connectivity index (χ3n) is 4.03. The molecule has 154 valence electrons. The first-order valence-electron chi connectivity index (χ1n) is 8.55. The third kappa shape index (κ3) is 5.05. The number of nitrogens with one attached hydrogen (secondary N) is 2. The summed E-state index contributed by atoms with van der Waals surface area (Å²) in [6.07, 6.45) is 2.64. The minimum absolute atomic E-state index is 0.0267. The summed E-state index contributed by atoms with van der Waals surface area (Å²) in [6.45, 7) is 3.49. The van der Waals surface area contributed by atoms with Gasteiger partial charge in [-0.3, -0.25) is 4.79 Å². The van der Waals surface area contributed by atoms with Crippen molar-refractivity contribution in [2.75, 3.05) is 18.1 Å². The fourth-order valence-corrected chi connectivity index (χ4v) is 4.15. The third-order valence-corrected chi connectivity index (χ3v) is 5.84. The lowest BCUT2D eigenvalue weighted by molar-refractivity contribution is 0.112. The number of thiophene rings is 1. The van der Waals surface area contributed by atoms with Gasteiger partial charge in [-0.05, 0) is 31.5 Å². The van der Waals surface area contributed by atoms with E-state index < -0.39 is 21.9 Å². The van der Waals surface area contributed by atoms with Crippen molar-refractivity contribution < 1.29 is 22.3 Å². The maximum Gasteiger partial charge on any atom is 0.208 e. The van der Waals surface area contributed by atoms with Gasteiger partial charge in [-0.15, -0.1) is 11.3 Å². The van der Waals surface area contributed by atoms with Gasteiger partial charge in [0.2, 0.25) is 10.0 Å². The second-order valence-electron chi connectivity index (χ2n) is 6.43. The van der Waals surface area contributed by atoms with Crippen LogP contribution in [0.5, 0.6) is 5.75 Å². The Kier molecular flexibility index (Phi) is 6.10. The van der Waals surface area contributed by atoms with Crippen molar-refractivity contribution in [3.8, 4) is 5.75 Å². The summed E-state index contributed by atoms with van der Waals surface area (Å²) in [5.41, 5.74) is 1.19. The first-order valence-corrected chi connectivity index (χ1v) is 11.3. The SMILES string of the molecule is Cc1c(C=O)sc2ncnc(Nc3ccc(F)cc3OC(C)CNS(C)(=O)=O)c12. The molecule has 1 aromatic carbocycles. The number of fused-ring (bicyclic) bond motifs is 1. The molecule has 11 heteroatoms.